The van der Waals surface area contributed by atoms with Gasteiger partial charge in [0.2, 0.25) is 0 Å². The highest BCUT2D eigenvalue weighted by Gasteiger charge is 2.02. The summed E-state index contributed by atoms with van der Waals surface area (Å²) in [5, 5.41) is 0. The van der Waals surface area contributed by atoms with Crippen LogP contribution in [-0.2, 0) is 0 Å². The van der Waals surface area contributed by atoms with Gasteiger partial charge in [0.15, 0.2) is 17.3 Å². The van der Waals surface area contributed by atoms with E-state index in [0.29, 0.717) is 12.4 Å². The molecule has 0 spiro atoms. The molecule has 0 radical (unpaired) electrons. The van der Waals surface area contributed by atoms with Crippen LogP contribution in [0.25, 0.3) is 0 Å². The molecule has 0 unspecified atom stereocenters. The number of ether oxygens (including phenoxy) is 1. The molecule has 0 amide bonds. The van der Waals surface area contributed by atoms with Crippen LogP contribution in [0.1, 0.15) is 23.7 Å². The minimum Gasteiger partial charge on any atom is -0.490 e. The Balaban J connectivity index is 1.70. The molecule has 0 saturated carbocycles. The van der Waals surface area contributed by atoms with Crippen LogP contribution in [0, 0.1) is 5.82 Å². The Bertz CT molecular complexity index is 596. The molecule has 0 fully saturated rings. The maximum atomic E-state index is 13.3. The van der Waals surface area contributed by atoms with Crippen LogP contribution in [0.3, 0.4) is 0 Å². The van der Waals surface area contributed by atoms with Crippen LogP contribution in [0.15, 0.2) is 53.4 Å². The molecule has 0 bridgehead atoms. The Morgan fingerprint density at radius 2 is 1.86 bits per heavy atom. The Morgan fingerprint density at radius 1 is 1.14 bits per heavy atom. The van der Waals surface area contributed by atoms with Gasteiger partial charge in [0.05, 0.1) is 6.61 Å². The zero-order chi connectivity index (χ0) is 15.1. The fraction of sp³-hybridized carbons (Fsp3) is 0.235. The number of rotatable bonds is 7. The summed E-state index contributed by atoms with van der Waals surface area (Å²) in [7, 11) is 0. The second-order valence-electron chi connectivity index (χ2n) is 4.56. The van der Waals surface area contributed by atoms with Gasteiger partial charge in [-0.15, -0.1) is 11.8 Å². The molecule has 2 rings (SSSR count). The summed E-state index contributed by atoms with van der Waals surface area (Å²) < 4.78 is 18.7. The summed E-state index contributed by atoms with van der Waals surface area (Å²) >= 11 is 1.70. The monoisotopic (exact) mass is 304 g/mol. The lowest BCUT2D eigenvalue weighted by atomic mass is 10.2. The van der Waals surface area contributed by atoms with Gasteiger partial charge in [0, 0.05) is 16.2 Å². The average molecular weight is 304 g/mol. The number of ketones is 1. The molecule has 0 heterocycles. The molecule has 2 aromatic rings. The minimum atomic E-state index is -0.329. The van der Waals surface area contributed by atoms with Crippen molar-refractivity contribution >= 4 is 17.5 Å². The molecular weight excluding hydrogens is 287 g/mol. The summed E-state index contributed by atoms with van der Waals surface area (Å²) in [6, 6.07) is 14.0. The molecular formula is C17H17FO2S. The van der Waals surface area contributed by atoms with Crippen LogP contribution in [-0.4, -0.2) is 18.1 Å². The molecule has 2 nitrogen and oxygen atoms in total. The van der Waals surface area contributed by atoms with E-state index in [-0.39, 0.29) is 11.6 Å². The van der Waals surface area contributed by atoms with Crippen molar-refractivity contribution in [1.82, 2.24) is 0 Å². The Hall–Kier alpha value is -1.81. The quantitative estimate of drug-likeness (QED) is 0.425. The normalized spacial score (nSPS) is 10.4. The van der Waals surface area contributed by atoms with Crippen molar-refractivity contribution in [2.45, 2.75) is 18.2 Å². The van der Waals surface area contributed by atoms with E-state index in [4.69, 9.17) is 4.74 Å². The molecule has 110 valence electrons. The SMILES string of the molecule is CC(=O)c1ccc(SCCCOc2ccccc2F)cc1. The first-order valence-corrected chi connectivity index (χ1v) is 7.76. The molecule has 0 aliphatic carbocycles. The van der Waals surface area contributed by atoms with E-state index in [9.17, 15) is 9.18 Å². The highest BCUT2D eigenvalue weighted by Crippen LogP contribution is 2.20. The number of carbonyl (C=O) groups excluding carboxylic acids is 1. The minimum absolute atomic E-state index is 0.0739. The van der Waals surface area contributed by atoms with Gasteiger partial charge < -0.3 is 4.74 Å². The van der Waals surface area contributed by atoms with Crippen LogP contribution < -0.4 is 4.74 Å². The molecule has 0 atom stereocenters. The van der Waals surface area contributed by atoms with E-state index >= 15 is 0 Å². The summed E-state index contributed by atoms with van der Waals surface area (Å²) in [4.78, 5) is 12.3. The average Bonchev–Trinajstić information content (AvgIpc) is 2.49. The van der Waals surface area contributed by atoms with Crippen molar-refractivity contribution in [1.29, 1.82) is 0 Å². The molecule has 2 aromatic carbocycles. The Morgan fingerprint density at radius 3 is 2.52 bits per heavy atom. The van der Waals surface area contributed by atoms with Crippen LogP contribution in [0.4, 0.5) is 4.39 Å². The summed E-state index contributed by atoms with van der Waals surface area (Å²) in [5.74, 6) is 0.927. The standard InChI is InChI=1S/C17H17FO2S/c1-13(19)14-7-9-15(10-8-14)21-12-4-11-20-17-6-3-2-5-16(17)18/h2-3,5-10H,4,11-12H2,1H3. The lowest BCUT2D eigenvalue weighted by Crippen LogP contribution is -2.00. The van der Waals surface area contributed by atoms with E-state index in [1.54, 1.807) is 36.9 Å². The number of carbonyl (C=O) groups is 1. The van der Waals surface area contributed by atoms with E-state index in [0.717, 1.165) is 22.6 Å². The smallest absolute Gasteiger partial charge is 0.165 e. The van der Waals surface area contributed by atoms with Crippen LogP contribution in [0.5, 0.6) is 5.75 Å². The van der Waals surface area contributed by atoms with Crippen LogP contribution >= 0.6 is 11.8 Å². The predicted octanol–water partition coefficient (Wildman–Crippen LogP) is 4.59. The summed E-state index contributed by atoms with van der Waals surface area (Å²) in [5.41, 5.74) is 0.724. The van der Waals surface area contributed by atoms with Gasteiger partial charge in [-0.3, -0.25) is 4.79 Å². The molecule has 21 heavy (non-hydrogen) atoms. The lowest BCUT2D eigenvalue weighted by Gasteiger charge is -2.07. The third-order valence-electron chi connectivity index (χ3n) is 2.91. The van der Waals surface area contributed by atoms with Crippen LogP contribution in [0.2, 0.25) is 0 Å². The number of thioether (sulfide) groups is 1. The van der Waals surface area contributed by atoms with Crippen molar-refractivity contribution in [2.75, 3.05) is 12.4 Å². The lowest BCUT2D eigenvalue weighted by molar-refractivity contribution is 0.101. The highest BCUT2D eigenvalue weighted by molar-refractivity contribution is 7.99. The molecule has 0 aliphatic rings. The first kappa shape index (κ1) is 15.6. The van der Waals surface area contributed by atoms with Crippen molar-refractivity contribution in [3.8, 4) is 5.75 Å². The fourth-order valence-corrected chi connectivity index (χ4v) is 2.61. The fourth-order valence-electron chi connectivity index (χ4n) is 1.78. The van der Waals surface area contributed by atoms with Crippen molar-refractivity contribution < 1.29 is 13.9 Å². The van der Waals surface area contributed by atoms with Gasteiger partial charge in [-0.05, 0) is 37.6 Å². The molecule has 0 aromatic heterocycles. The summed E-state index contributed by atoms with van der Waals surface area (Å²) in [6.45, 7) is 2.04. The van der Waals surface area contributed by atoms with E-state index < -0.39 is 0 Å². The first-order valence-electron chi connectivity index (χ1n) is 6.78. The maximum Gasteiger partial charge on any atom is 0.165 e. The van der Waals surface area contributed by atoms with Gasteiger partial charge in [0.25, 0.3) is 0 Å². The van der Waals surface area contributed by atoms with E-state index in [1.165, 1.54) is 6.07 Å². The first-order chi connectivity index (χ1) is 10.2. The third-order valence-corrected chi connectivity index (χ3v) is 4.01. The van der Waals surface area contributed by atoms with Gasteiger partial charge in [0.1, 0.15) is 0 Å². The highest BCUT2D eigenvalue weighted by atomic mass is 32.2. The van der Waals surface area contributed by atoms with Crippen molar-refractivity contribution in [3.63, 3.8) is 0 Å². The number of Topliss-reactive ketones (excluding diaryl/α,β-unsaturated/α-hetero) is 1. The van der Waals surface area contributed by atoms with E-state index in [2.05, 4.69) is 0 Å². The second kappa shape index (κ2) is 7.84. The maximum absolute atomic E-state index is 13.3. The number of benzene rings is 2. The Kier molecular flexibility index (Phi) is 5.81. The van der Waals surface area contributed by atoms with Gasteiger partial charge in [-0.25, -0.2) is 4.39 Å². The zero-order valence-corrected chi connectivity index (χ0v) is 12.7. The van der Waals surface area contributed by atoms with Crippen molar-refractivity contribution in [3.05, 3.63) is 59.9 Å². The molecule has 0 saturated heterocycles. The number of hydrogen-bond donors (Lipinski definition) is 0. The largest absolute Gasteiger partial charge is 0.490 e. The zero-order valence-electron chi connectivity index (χ0n) is 11.8. The molecule has 0 N–H and O–H groups in total. The van der Waals surface area contributed by atoms with E-state index in [1.807, 2.05) is 24.3 Å². The van der Waals surface area contributed by atoms with Gasteiger partial charge >= 0.3 is 0 Å². The van der Waals surface area contributed by atoms with Gasteiger partial charge in [-0.1, -0.05) is 24.3 Å². The Labute approximate surface area is 128 Å². The molecule has 4 heteroatoms. The van der Waals surface area contributed by atoms with Gasteiger partial charge in [-0.2, -0.15) is 0 Å². The topological polar surface area (TPSA) is 26.3 Å². The number of hydrogen-bond acceptors (Lipinski definition) is 3. The number of halogens is 1. The molecule has 0 aliphatic heterocycles. The summed E-state index contributed by atoms with van der Waals surface area (Å²) in [6.07, 6.45) is 0.827. The van der Waals surface area contributed by atoms with Crippen molar-refractivity contribution in [2.24, 2.45) is 0 Å². The number of para-hydroxylation sites is 1. The third kappa shape index (κ3) is 4.90. The second-order valence-corrected chi connectivity index (χ2v) is 5.73. The predicted molar refractivity (Wildman–Crippen MR) is 83.7 cm³/mol.